The van der Waals surface area contributed by atoms with Gasteiger partial charge in [0.2, 0.25) is 0 Å². The largest absolute Gasteiger partial charge is 0.382 e. The Morgan fingerprint density at radius 2 is 2.29 bits per heavy atom. The highest BCUT2D eigenvalue weighted by molar-refractivity contribution is 9.10. The molecule has 0 saturated heterocycles. The van der Waals surface area contributed by atoms with Crippen LogP contribution in [-0.4, -0.2) is 19.9 Å². The third kappa shape index (κ3) is 2.36. The van der Waals surface area contributed by atoms with Crippen molar-refractivity contribution in [1.82, 2.24) is 14.8 Å². The molecule has 1 unspecified atom stereocenters. The summed E-state index contributed by atoms with van der Waals surface area (Å²) in [4.78, 5) is 3.90. The van der Waals surface area contributed by atoms with Crippen LogP contribution >= 0.6 is 27.5 Å². The fourth-order valence-corrected chi connectivity index (χ4v) is 2.39. The van der Waals surface area contributed by atoms with E-state index in [4.69, 9.17) is 11.6 Å². The Hall–Kier alpha value is -0.910. The zero-order chi connectivity index (χ0) is 12.4. The predicted octanol–water partition coefficient (Wildman–Crippen LogP) is 2.80. The molecule has 1 atom stereocenters. The van der Waals surface area contributed by atoms with E-state index in [2.05, 4.69) is 26.0 Å². The number of aryl methyl sites for hydroxylation is 1. The second-order valence-electron chi connectivity index (χ2n) is 3.49. The molecule has 0 aliphatic heterocycles. The lowest BCUT2D eigenvalue weighted by atomic mass is 10.1. The van der Waals surface area contributed by atoms with Gasteiger partial charge in [0.25, 0.3) is 0 Å². The van der Waals surface area contributed by atoms with Gasteiger partial charge in [-0.1, -0.05) is 11.6 Å². The first-order valence-electron chi connectivity index (χ1n) is 5.13. The molecule has 0 amide bonds. The van der Waals surface area contributed by atoms with Gasteiger partial charge in [0.15, 0.2) is 0 Å². The van der Waals surface area contributed by atoms with Gasteiger partial charge in [-0.15, -0.1) is 0 Å². The lowest BCUT2D eigenvalue weighted by molar-refractivity contribution is 0.207. The molecule has 2 heterocycles. The summed E-state index contributed by atoms with van der Waals surface area (Å²) in [5.41, 5.74) is 1.32. The molecular weight excluding hydrogens is 305 g/mol. The van der Waals surface area contributed by atoms with Crippen LogP contribution in [0.1, 0.15) is 24.3 Å². The molecule has 6 heteroatoms. The van der Waals surface area contributed by atoms with Crippen molar-refractivity contribution in [2.45, 2.75) is 19.6 Å². The molecule has 0 aromatic carbocycles. The molecule has 2 aromatic heterocycles. The second kappa shape index (κ2) is 5.16. The molecule has 90 valence electrons. The molecular formula is C11H11BrClN3O. The van der Waals surface area contributed by atoms with E-state index in [1.165, 1.54) is 6.20 Å². The minimum Gasteiger partial charge on any atom is -0.382 e. The quantitative estimate of drug-likeness (QED) is 0.947. The fraction of sp³-hybridized carbons (Fsp3) is 0.273. The minimum atomic E-state index is -0.817. The van der Waals surface area contributed by atoms with Crippen molar-refractivity contribution in [3.05, 3.63) is 45.4 Å². The molecule has 2 rings (SSSR count). The van der Waals surface area contributed by atoms with Gasteiger partial charge in [-0.25, -0.2) is 0 Å². The monoisotopic (exact) mass is 315 g/mol. The second-order valence-corrected chi connectivity index (χ2v) is 4.75. The zero-order valence-corrected chi connectivity index (χ0v) is 11.5. The van der Waals surface area contributed by atoms with Crippen LogP contribution in [0.4, 0.5) is 0 Å². The molecule has 0 saturated carbocycles. The topological polar surface area (TPSA) is 50.9 Å². The summed E-state index contributed by atoms with van der Waals surface area (Å²) >= 11 is 9.39. The molecule has 0 aliphatic carbocycles. The molecule has 0 aliphatic rings. The van der Waals surface area contributed by atoms with Crippen LogP contribution in [0.2, 0.25) is 5.02 Å². The van der Waals surface area contributed by atoms with Crippen molar-refractivity contribution in [2.24, 2.45) is 0 Å². The smallest absolute Gasteiger partial charge is 0.123 e. The lowest BCUT2D eigenvalue weighted by Gasteiger charge is -2.14. The van der Waals surface area contributed by atoms with Crippen LogP contribution in [0, 0.1) is 0 Å². The average molecular weight is 317 g/mol. The van der Waals surface area contributed by atoms with Gasteiger partial charge in [-0.3, -0.25) is 9.67 Å². The first kappa shape index (κ1) is 12.5. The Morgan fingerprint density at radius 1 is 1.53 bits per heavy atom. The molecule has 1 N–H and O–H groups in total. The summed E-state index contributed by atoms with van der Waals surface area (Å²) in [6.45, 7) is 2.64. The van der Waals surface area contributed by atoms with Crippen LogP contribution in [0.25, 0.3) is 0 Å². The summed E-state index contributed by atoms with van der Waals surface area (Å²) in [5.74, 6) is 0. The van der Waals surface area contributed by atoms with Gasteiger partial charge >= 0.3 is 0 Å². The number of pyridine rings is 1. The molecule has 2 aromatic rings. The molecule has 17 heavy (non-hydrogen) atoms. The number of hydrogen-bond donors (Lipinski definition) is 1. The first-order valence-corrected chi connectivity index (χ1v) is 6.31. The van der Waals surface area contributed by atoms with Crippen LogP contribution < -0.4 is 0 Å². The third-order valence-corrected chi connectivity index (χ3v) is 3.42. The van der Waals surface area contributed by atoms with Crippen molar-refractivity contribution >= 4 is 27.5 Å². The molecule has 0 spiro atoms. The van der Waals surface area contributed by atoms with E-state index in [-0.39, 0.29) is 0 Å². The Balaban J connectivity index is 2.47. The van der Waals surface area contributed by atoms with Crippen molar-refractivity contribution in [3.63, 3.8) is 0 Å². The molecule has 0 radical (unpaired) electrons. The van der Waals surface area contributed by atoms with Crippen molar-refractivity contribution < 1.29 is 5.11 Å². The normalized spacial score (nSPS) is 12.7. The summed E-state index contributed by atoms with van der Waals surface area (Å²) in [7, 11) is 0. The highest BCUT2D eigenvalue weighted by Crippen LogP contribution is 2.31. The van der Waals surface area contributed by atoms with Gasteiger partial charge in [0.05, 0.1) is 21.4 Å². The van der Waals surface area contributed by atoms with Gasteiger partial charge in [0, 0.05) is 24.5 Å². The van der Waals surface area contributed by atoms with E-state index in [1.807, 2.05) is 6.92 Å². The highest BCUT2D eigenvalue weighted by Gasteiger charge is 2.20. The van der Waals surface area contributed by atoms with Crippen LogP contribution in [-0.2, 0) is 6.54 Å². The predicted molar refractivity (Wildman–Crippen MR) is 68.9 cm³/mol. The maximum atomic E-state index is 10.4. The van der Waals surface area contributed by atoms with Crippen LogP contribution in [0.15, 0.2) is 29.1 Å². The zero-order valence-electron chi connectivity index (χ0n) is 9.14. The van der Waals surface area contributed by atoms with Crippen LogP contribution in [0.3, 0.4) is 0 Å². The van der Waals surface area contributed by atoms with E-state index in [9.17, 15) is 5.11 Å². The van der Waals surface area contributed by atoms with Gasteiger partial charge in [-0.05, 0) is 28.9 Å². The van der Waals surface area contributed by atoms with Gasteiger partial charge in [-0.2, -0.15) is 5.10 Å². The number of rotatable bonds is 3. The molecule has 0 bridgehead atoms. The van der Waals surface area contributed by atoms with E-state index in [1.54, 1.807) is 23.1 Å². The highest BCUT2D eigenvalue weighted by atomic mass is 79.9. The lowest BCUT2D eigenvalue weighted by Crippen LogP contribution is -2.10. The average Bonchev–Trinajstić information content (AvgIpc) is 2.70. The Labute approximate surface area is 112 Å². The number of aliphatic hydroxyl groups is 1. The van der Waals surface area contributed by atoms with Crippen molar-refractivity contribution in [1.29, 1.82) is 0 Å². The maximum Gasteiger partial charge on any atom is 0.123 e. The van der Waals surface area contributed by atoms with Gasteiger partial charge in [0.1, 0.15) is 6.10 Å². The van der Waals surface area contributed by atoms with E-state index < -0.39 is 6.10 Å². The standard InChI is InChI=1S/C11H11BrClN3O/c1-2-16-10(8(12)5-15-16)11(17)7-3-4-14-6-9(7)13/h3-6,11,17H,2H2,1H3. The number of halogens is 2. The van der Waals surface area contributed by atoms with E-state index in [0.29, 0.717) is 22.8 Å². The Bertz CT molecular complexity index is 529. The Morgan fingerprint density at radius 3 is 2.94 bits per heavy atom. The number of hydrogen-bond acceptors (Lipinski definition) is 3. The summed E-state index contributed by atoms with van der Waals surface area (Å²) in [6, 6.07) is 1.70. The Kier molecular flexibility index (Phi) is 3.81. The molecule has 4 nitrogen and oxygen atoms in total. The fourth-order valence-electron chi connectivity index (χ4n) is 1.65. The number of nitrogens with zero attached hydrogens (tertiary/aromatic N) is 3. The SMILES string of the molecule is CCn1ncc(Br)c1C(O)c1ccncc1Cl. The maximum absolute atomic E-state index is 10.4. The summed E-state index contributed by atoms with van der Waals surface area (Å²) in [6.07, 6.45) is 3.96. The van der Waals surface area contributed by atoms with E-state index >= 15 is 0 Å². The van der Waals surface area contributed by atoms with E-state index in [0.717, 1.165) is 4.47 Å². The van der Waals surface area contributed by atoms with Crippen molar-refractivity contribution in [2.75, 3.05) is 0 Å². The molecule has 0 fully saturated rings. The van der Waals surface area contributed by atoms with Gasteiger partial charge < -0.3 is 5.11 Å². The summed E-state index contributed by atoms with van der Waals surface area (Å²) < 4.78 is 2.49. The summed E-state index contributed by atoms with van der Waals surface area (Å²) in [5, 5.41) is 15.0. The third-order valence-electron chi connectivity index (χ3n) is 2.49. The number of aromatic nitrogens is 3. The number of aliphatic hydroxyl groups excluding tert-OH is 1. The van der Waals surface area contributed by atoms with Crippen molar-refractivity contribution in [3.8, 4) is 0 Å². The minimum absolute atomic E-state index is 0.441. The van der Waals surface area contributed by atoms with Crippen LogP contribution in [0.5, 0.6) is 0 Å². The first-order chi connectivity index (χ1) is 8.15.